The highest BCUT2D eigenvalue weighted by Crippen LogP contribution is 2.21. The first-order chi connectivity index (χ1) is 9.69. The minimum absolute atomic E-state index is 0.570. The average molecular weight is 270 g/mol. The molecule has 1 aliphatic heterocycles. The van der Waals surface area contributed by atoms with Crippen molar-refractivity contribution in [1.82, 2.24) is 4.90 Å². The fourth-order valence-corrected chi connectivity index (χ4v) is 2.43. The summed E-state index contributed by atoms with van der Waals surface area (Å²) in [6.07, 6.45) is 6.24. The van der Waals surface area contributed by atoms with Gasteiger partial charge in [-0.15, -0.1) is 0 Å². The first-order valence-corrected chi connectivity index (χ1v) is 6.83. The van der Waals surface area contributed by atoms with E-state index in [0.29, 0.717) is 24.6 Å². The predicted molar refractivity (Wildman–Crippen MR) is 77.1 cm³/mol. The maximum Gasteiger partial charge on any atom is 0.407 e. The zero-order valence-electron chi connectivity index (χ0n) is 11.3. The van der Waals surface area contributed by atoms with Gasteiger partial charge in [-0.05, 0) is 42.9 Å². The Hall–Kier alpha value is -2.28. The first kappa shape index (κ1) is 14.1. The summed E-state index contributed by atoms with van der Waals surface area (Å²) in [6, 6.07) is 9.58. The summed E-state index contributed by atoms with van der Waals surface area (Å²) >= 11 is 0. The van der Waals surface area contributed by atoms with Crippen LogP contribution in [0.15, 0.2) is 30.3 Å². The normalized spacial score (nSPS) is 16.2. The van der Waals surface area contributed by atoms with Crippen LogP contribution in [0.25, 0.3) is 6.08 Å². The van der Waals surface area contributed by atoms with Gasteiger partial charge in [0, 0.05) is 13.1 Å². The van der Waals surface area contributed by atoms with Crippen LogP contribution in [0, 0.1) is 17.2 Å². The van der Waals surface area contributed by atoms with E-state index in [9.17, 15) is 4.79 Å². The monoisotopic (exact) mass is 270 g/mol. The van der Waals surface area contributed by atoms with E-state index in [2.05, 4.69) is 18.2 Å². The van der Waals surface area contributed by atoms with E-state index in [0.717, 1.165) is 24.8 Å². The molecular weight excluding hydrogens is 252 g/mol. The molecule has 1 amide bonds. The first-order valence-electron chi connectivity index (χ1n) is 6.83. The third kappa shape index (κ3) is 3.86. The zero-order valence-corrected chi connectivity index (χ0v) is 11.3. The largest absolute Gasteiger partial charge is 0.465 e. The summed E-state index contributed by atoms with van der Waals surface area (Å²) in [7, 11) is 0. The van der Waals surface area contributed by atoms with Crippen LogP contribution in [-0.2, 0) is 0 Å². The van der Waals surface area contributed by atoms with Crippen molar-refractivity contribution < 1.29 is 9.90 Å². The van der Waals surface area contributed by atoms with Gasteiger partial charge in [0.05, 0.1) is 11.6 Å². The van der Waals surface area contributed by atoms with Crippen molar-refractivity contribution in [3.63, 3.8) is 0 Å². The molecule has 20 heavy (non-hydrogen) atoms. The van der Waals surface area contributed by atoms with Gasteiger partial charge in [-0.2, -0.15) is 5.26 Å². The number of carboxylic acid groups (broad SMARTS) is 1. The SMILES string of the molecule is N#Cc1ccc(/C=C\CC2CCN(C(=O)O)CC2)cc1. The number of hydrogen-bond donors (Lipinski definition) is 1. The van der Waals surface area contributed by atoms with E-state index in [1.807, 2.05) is 24.3 Å². The van der Waals surface area contributed by atoms with E-state index in [1.54, 1.807) is 0 Å². The number of carbonyl (C=O) groups is 1. The van der Waals surface area contributed by atoms with Gasteiger partial charge in [-0.3, -0.25) is 0 Å². The van der Waals surface area contributed by atoms with Gasteiger partial charge in [0.2, 0.25) is 0 Å². The molecule has 0 radical (unpaired) electrons. The molecule has 4 nitrogen and oxygen atoms in total. The number of likely N-dealkylation sites (tertiary alicyclic amines) is 1. The highest BCUT2D eigenvalue weighted by atomic mass is 16.4. The Morgan fingerprint density at radius 1 is 1.35 bits per heavy atom. The maximum atomic E-state index is 10.8. The minimum atomic E-state index is -0.809. The molecule has 104 valence electrons. The van der Waals surface area contributed by atoms with Gasteiger partial charge in [0.25, 0.3) is 0 Å². The lowest BCUT2D eigenvalue weighted by molar-refractivity contribution is 0.125. The van der Waals surface area contributed by atoms with Crippen molar-refractivity contribution in [2.75, 3.05) is 13.1 Å². The van der Waals surface area contributed by atoms with Crippen molar-refractivity contribution in [3.8, 4) is 6.07 Å². The lowest BCUT2D eigenvalue weighted by Crippen LogP contribution is -2.37. The third-order valence-electron chi connectivity index (χ3n) is 3.70. The predicted octanol–water partition coefficient (Wildman–Crippen LogP) is 3.35. The van der Waals surface area contributed by atoms with E-state index < -0.39 is 6.09 Å². The van der Waals surface area contributed by atoms with Crippen LogP contribution < -0.4 is 0 Å². The Morgan fingerprint density at radius 3 is 2.55 bits per heavy atom. The Bertz CT molecular complexity index is 520. The van der Waals surface area contributed by atoms with Crippen molar-refractivity contribution in [2.24, 2.45) is 5.92 Å². The summed E-state index contributed by atoms with van der Waals surface area (Å²) in [5.74, 6) is 0.570. The van der Waals surface area contributed by atoms with Gasteiger partial charge < -0.3 is 10.0 Å². The van der Waals surface area contributed by atoms with Gasteiger partial charge >= 0.3 is 6.09 Å². The minimum Gasteiger partial charge on any atom is -0.465 e. The van der Waals surface area contributed by atoms with E-state index in [-0.39, 0.29) is 0 Å². The van der Waals surface area contributed by atoms with Crippen LogP contribution in [0.3, 0.4) is 0 Å². The molecule has 0 atom stereocenters. The zero-order chi connectivity index (χ0) is 14.4. The Labute approximate surface area is 118 Å². The summed E-state index contributed by atoms with van der Waals surface area (Å²) in [5.41, 5.74) is 1.76. The summed E-state index contributed by atoms with van der Waals surface area (Å²) in [4.78, 5) is 12.3. The summed E-state index contributed by atoms with van der Waals surface area (Å²) < 4.78 is 0. The van der Waals surface area contributed by atoms with Crippen molar-refractivity contribution in [3.05, 3.63) is 41.5 Å². The van der Waals surface area contributed by atoms with E-state index >= 15 is 0 Å². The molecular formula is C16H18N2O2. The topological polar surface area (TPSA) is 64.3 Å². The third-order valence-corrected chi connectivity index (χ3v) is 3.70. The molecule has 0 aliphatic carbocycles. The van der Waals surface area contributed by atoms with Crippen LogP contribution in [0.4, 0.5) is 4.79 Å². The number of benzene rings is 1. The van der Waals surface area contributed by atoms with Crippen LogP contribution in [0.2, 0.25) is 0 Å². The molecule has 1 aliphatic rings. The fraction of sp³-hybridized carbons (Fsp3) is 0.375. The van der Waals surface area contributed by atoms with Gasteiger partial charge in [0.1, 0.15) is 0 Å². The fourth-order valence-electron chi connectivity index (χ4n) is 2.43. The molecule has 1 fully saturated rings. The quantitative estimate of drug-likeness (QED) is 0.916. The molecule has 0 saturated carbocycles. The standard InChI is InChI=1S/C16H18N2O2/c17-12-15-6-4-13(5-7-15)2-1-3-14-8-10-18(11-9-14)16(19)20/h1-2,4-7,14H,3,8-11H2,(H,19,20)/b2-1-. The van der Waals surface area contributed by atoms with Crippen LogP contribution in [0.5, 0.6) is 0 Å². The van der Waals surface area contributed by atoms with Crippen LogP contribution in [-0.4, -0.2) is 29.2 Å². The maximum absolute atomic E-state index is 10.8. The smallest absolute Gasteiger partial charge is 0.407 e. The van der Waals surface area contributed by atoms with Gasteiger partial charge in [0.15, 0.2) is 0 Å². The molecule has 4 heteroatoms. The highest BCUT2D eigenvalue weighted by molar-refractivity contribution is 5.65. The number of piperidine rings is 1. The molecule has 2 rings (SSSR count). The second-order valence-corrected chi connectivity index (χ2v) is 5.08. The van der Waals surface area contributed by atoms with Crippen molar-refractivity contribution >= 4 is 12.2 Å². The molecule has 1 N–H and O–H groups in total. The molecule has 0 bridgehead atoms. The van der Waals surface area contributed by atoms with Crippen LogP contribution >= 0.6 is 0 Å². The number of nitrogens with zero attached hydrogens (tertiary/aromatic N) is 2. The number of rotatable bonds is 3. The summed E-state index contributed by atoms with van der Waals surface area (Å²) in [5, 5.41) is 17.6. The van der Waals surface area contributed by atoms with Crippen LogP contribution in [0.1, 0.15) is 30.4 Å². The Kier molecular flexibility index (Phi) is 4.78. The number of hydrogen-bond acceptors (Lipinski definition) is 2. The Morgan fingerprint density at radius 2 is 2.00 bits per heavy atom. The lowest BCUT2D eigenvalue weighted by Gasteiger charge is -2.29. The molecule has 0 aromatic heterocycles. The summed E-state index contributed by atoms with van der Waals surface area (Å²) in [6.45, 7) is 1.29. The number of nitriles is 1. The molecule has 0 spiro atoms. The molecule has 1 heterocycles. The van der Waals surface area contributed by atoms with Crippen molar-refractivity contribution in [2.45, 2.75) is 19.3 Å². The Balaban J connectivity index is 1.79. The lowest BCUT2D eigenvalue weighted by atomic mass is 9.93. The van der Waals surface area contributed by atoms with E-state index in [4.69, 9.17) is 10.4 Å². The van der Waals surface area contributed by atoms with Gasteiger partial charge in [-0.25, -0.2) is 4.79 Å². The average Bonchev–Trinajstić information content (AvgIpc) is 2.48. The van der Waals surface area contributed by atoms with Gasteiger partial charge in [-0.1, -0.05) is 24.3 Å². The molecule has 1 aromatic carbocycles. The second kappa shape index (κ2) is 6.76. The van der Waals surface area contributed by atoms with E-state index in [1.165, 1.54) is 4.90 Å². The number of allylic oxidation sites excluding steroid dienone is 1. The number of amides is 1. The molecule has 1 aromatic rings. The highest BCUT2D eigenvalue weighted by Gasteiger charge is 2.21. The second-order valence-electron chi connectivity index (χ2n) is 5.08. The molecule has 0 unspecified atom stereocenters. The van der Waals surface area contributed by atoms with Crippen molar-refractivity contribution in [1.29, 1.82) is 5.26 Å². The molecule has 1 saturated heterocycles.